The van der Waals surface area contributed by atoms with E-state index in [-0.39, 0.29) is 25.5 Å². The van der Waals surface area contributed by atoms with Crippen molar-refractivity contribution in [3.63, 3.8) is 0 Å². The molecule has 0 heterocycles. The molecule has 1 atom stereocenters. The van der Waals surface area contributed by atoms with Crippen LogP contribution in [0.5, 0.6) is 0 Å². The van der Waals surface area contributed by atoms with E-state index in [2.05, 4.69) is 10.6 Å². The maximum atomic E-state index is 12.4. The molecule has 2 aromatic carbocycles. The second kappa shape index (κ2) is 9.18. The van der Waals surface area contributed by atoms with Gasteiger partial charge in [-0.1, -0.05) is 48.5 Å². The Kier molecular flexibility index (Phi) is 6.60. The highest BCUT2D eigenvalue weighted by Crippen LogP contribution is 2.44. The maximum Gasteiger partial charge on any atom is 0.408 e. The summed E-state index contributed by atoms with van der Waals surface area (Å²) in [7, 11) is 0. The predicted molar refractivity (Wildman–Crippen MR) is 114 cm³/mol. The van der Waals surface area contributed by atoms with Gasteiger partial charge >= 0.3 is 12.1 Å². The van der Waals surface area contributed by atoms with Crippen molar-refractivity contribution in [2.75, 3.05) is 13.2 Å². The molecule has 8 heteroatoms. The number of carboxylic acid groups (broad SMARTS) is 1. The summed E-state index contributed by atoms with van der Waals surface area (Å²) in [4.78, 5) is 35.3. The van der Waals surface area contributed by atoms with Crippen LogP contribution < -0.4 is 10.6 Å². The third-order valence-electron chi connectivity index (χ3n) is 5.31. The van der Waals surface area contributed by atoms with Gasteiger partial charge in [0.05, 0.1) is 0 Å². The standard InChI is InChI=1S/C23H26N2O6/c1-23(2,21(29)24-12-11-19(26)20(27)28)25-22(30)31-13-18-16-9-5-3-7-14(16)15-8-4-6-10-17(15)18/h3-10,18-19,26H,11-13H2,1-2H3,(H,24,29)(H,25,30)(H,27,28)/t19-/m0/s1. The Balaban J connectivity index is 1.56. The number of hydrogen-bond donors (Lipinski definition) is 4. The molecule has 0 bridgehead atoms. The number of aliphatic carboxylic acids is 1. The van der Waals surface area contributed by atoms with Crippen molar-refractivity contribution < 1.29 is 29.3 Å². The molecule has 0 saturated heterocycles. The first-order chi connectivity index (χ1) is 14.7. The van der Waals surface area contributed by atoms with E-state index >= 15 is 0 Å². The van der Waals surface area contributed by atoms with Gasteiger partial charge in [0.15, 0.2) is 6.10 Å². The molecule has 0 aromatic heterocycles. The van der Waals surface area contributed by atoms with Crippen LogP contribution in [-0.4, -0.2) is 53.0 Å². The molecule has 3 rings (SSSR count). The summed E-state index contributed by atoms with van der Waals surface area (Å²) in [5.41, 5.74) is 3.14. The Morgan fingerprint density at radius 3 is 2.13 bits per heavy atom. The molecule has 2 aromatic rings. The highest BCUT2D eigenvalue weighted by atomic mass is 16.5. The second-order valence-electron chi connectivity index (χ2n) is 7.97. The molecule has 1 aliphatic carbocycles. The fourth-order valence-electron chi connectivity index (χ4n) is 3.61. The quantitative estimate of drug-likeness (QED) is 0.513. The van der Waals surface area contributed by atoms with E-state index in [1.165, 1.54) is 13.8 Å². The highest BCUT2D eigenvalue weighted by molar-refractivity contribution is 5.89. The first-order valence-electron chi connectivity index (χ1n) is 10.0. The third kappa shape index (κ3) is 5.03. The van der Waals surface area contributed by atoms with Crippen molar-refractivity contribution in [3.05, 3.63) is 59.7 Å². The predicted octanol–water partition coefficient (Wildman–Crippen LogP) is 2.26. The lowest BCUT2D eigenvalue weighted by molar-refractivity contribution is -0.147. The van der Waals surface area contributed by atoms with Crippen LogP contribution in [0.15, 0.2) is 48.5 Å². The molecule has 0 radical (unpaired) electrons. The average molecular weight is 426 g/mol. The van der Waals surface area contributed by atoms with Gasteiger partial charge < -0.3 is 25.6 Å². The Morgan fingerprint density at radius 1 is 1.03 bits per heavy atom. The van der Waals surface area contributed by atoms with E-state index < -0.39 is 29.6 Å². The molecule has 4 N–H and O–H groups in total. The highest BCUT2D eigenvalue weighted by Gasteiger charge is 2.32. The van der Waals surface area contributed by atoms with Crippen molar-refractivity contribution in [2.24, 2.45) is 0 Å². The van der Waals surface area contributed by atoms with Crippen LogP contribution in [0.3, 0.4) is 0 Å². The van der Waals surface area contributed by atoms with E-state index in [9.17, 15) is 19.5 Å². The number of ether oxygens (including phenoxy) is 1. The molecule has 0 fully saturated rings. The minimum Gasteiger partial charge on any atom is -0.479 e. The number of carbonyl (C=O) groups is 3. The molecule has 1 aliphatic rings. The maximum absolute atomic E-state index is 12.4. The molecule has 0 saturated carbocycles. The third-order valence-corrected chi connectivity index (χ3v) is 5.31. The fraction of sp³-hybridized carbons (Fsp3) is 0.348. The van der Waals surface area contributed by atoms with Gasteiger partial charge in [-0.15, -0.1) is 0 Å². The smallest absolute Gasteiger partial charge is 0.408 e. The molecule has 0 spiro atoms. The van der Waals surface area contributed by atoms with Gasteiger partial charge in [0.1, 0.15) is 12.1 Å². The summed E-state index contributed by atoms with van der Waals surface area (Å²) in [5, 5.41) is 23.0. The molecular weight excluding hydrogens is 400 g/mol. The zero-order valence-corrected chi connectivity index (χ0v) is 17.4. The molecule has 0 unspecified atom stereocenters. The van der Waals surface area contributed by atoms with Crippen LogP contribution >= 0.6 is 0 Å². The first-order valence-corrected chi connectivity index (χ1v) is 10.0. The minimum atomic E-state index is -1.56. The van der Waals surface area contributed by atoms with Gasteiger partial charge in [0.25, 0.3) is 0 Å². The van der Waals surface area contributed by atoms with Gasteiger partial charge in [-0.25, -0.2) is 9.59 Å². The Bertz CT molecular complexity index is 942. The number of carbonyl (C=O) groups excluding carboxylic acids is 2. The van der Waals surface area contributed by atoms with Crippen molar-refractivity contribution in [1.29, 1.82) is 0 Å². The molecule has 0 aliphatic heterocycles. The van der Waals surface area contributed by atoms with Gasteiger partial charge in [-0.3, -0.25) is 4.79 Å². The van der Waals surface area contributed by atoms with Crippen LogP contribution in [-0.2, 0) is 14.3 Å². The summed E-state index contributed by atoms with van der Waals surface area (Å²) in [6.07, 6.45) is -2.42. The lowest BCUT2D eigenvalue weighted by Gasteiger charge is -2.25. The zero-order valence-electron chi connectivity index (χ0n) is 17.4. The fourth-order valence-corrected chi connectivity index (χ4v) is 3.61. The van der Waals surface area contributed by atoms with Crippen molar-refractivity contribution >= 4 is 18.0 Å². The van der Waals surface area contributed by atoms with Gasteiger partial charge in [-0.2, -0.15) is 0 Å². The summed E-state index contributed by atoms with van der Waals surface area (Å²) in [5.74, 6) is -1.96. The van der Waals surface area contributed by atoms with E-state index in [0.717, 1.165) is 22.3 Å². The first kappa shape index (κ1) is 22.3. The number of aliphatic hydroxyl groups excluding tert-OH is 1. The van der Waals surface area contributed by atoms with Crippen LogP contribution in [0.4, 0.5) is 4.79 Å². The van der Waals surface area contributed by atoms with Gasteiger partial charge in [0.2, 0.25) is 5.91 Å². The SMILES string of the molecule is CC(C)(NC(=O)OCC1c2ccccc2-c2ccccc21)C(=O)NCC[C@H](O)C(=O)O. The van der Waals surface area contributed by atoms with E-state index in [1.54, 1.807) is 0 Å². The Hall–Kier alpha value is -3.39. The Morgan fingerprint density at radius 2 is 1.58 bits per heavy atom. The van der Waals surface area contributed by atoms with Crippen molar-refractivity contribution in [2.45, 2.75) is 37.8 Å². The van der Waals surface area contributed by atoms with Crippen LogP contribution in [0.2, 0.25) is 0 Å². The molecule has 2 amide bonds. The van der Waals surface area contributed by atoms with Gasteiger partial charge in [-0.05, 0) is 36.1 Å². The van der Waals surface area contributed by atoms with Crippen LogP contribution in [0.1, 0.15) is 37.3 Å². The Labute approximate surface area is 180 Å². The van der Waals surface area contributed by atoms with E-state index in [4.69, 9.17) is 9.84 Å². The van der Waals surface area contributed by atoms with Crippen LogP contribution in [0, 0.1) is 0 Å². The molecule has 8 nitrogen and oxygen atoms in total. The minimum absolute atomic E-state index is 0.0396. The average Bonchev–Trinajstić information content (AvgIpc) is 3.05. The number of rotatable bonds is 8. The summed E-state index contributed by atoms with van der Waals surface area (Å²) in [6.45, 7) is 3.11. The number of amides is 2. The lowest BCUT2D eigenvalue weighted by Crippen LogP contribution is -2.55. The van der Waals surface area contributed by atoms with Crippen molar-refractivity contribution in [1.82, 2.24) is 10.6 Å². The normalized spacial score (nSPS) is 13.6. The number of carboxylic acids is 1. The van der Waals surface area contributed by atoms with Gasteiger partial charge in [0, 0.05) is 18.9 Å². The number of alkyl carbamates (subject to hydrolysis) is 1. The van der Waals surface area contributed by atoms with Crippen molar-refractivity contribution in [3.8, 4) is 11.1 Å². The zero-order chi connectivity index (χ0) is 22.6. The van der Waals surface area contributed by atoms with E-state index in [1.807, 2.05) is 48.5 Å². The summed E-state index contributed by atoms with van der Waals surface area (Å²) >= 11 is 0. The number of nitrogens with one attached hydrogen (secondary N) is 2. The summed E-state index contributed by atoms with van der Waals surface area (Å²) in [6, 6.07) is 16.0. The lowest BCUT2D eigenvalue weighted by atomic mass is 9.98. The second-order valence-corrected chi connectivity index (χ2v) is 7.97. The number of hydrogen-bond acceptors (Lipinski definition) is 5. The summed E-state index contributed by atoms with van der Waals surface area (Å²) < 4.78 is 5.45. The molecule has 31 heavy (non-hydrogen) atoms. The monoisotopic (exact) mass is 426 g/mol. The van der Waals surface area contributed by atoms with E-state index in [0.29, 0.717) is 0 Å². The molecule has 164 valence electrons. The number of aliphatic hydroxyl groups is 1. The van der Waals surface area contributed by atoms with Crippen LogP contribution in [0.25, 0.3) is 11.1 Å². The number of fused-ring (bicyclic) bond motifs is 3. The number of benzene rings is 2. The largest absolute Gasteiger partial charge is 0.479 e. The molecular formula is C23H26N2O6. The topological polar surface area (TPSA) is 125 Å².